The van der Waals surface area contributed by atoms with E-state index in [-0.39, 0.29) is 5.41 Å². The number of ether oxygens (including phenoxy) is 1. The lowest BCUT2D eigenvalue weighted by atomic mass is 9.86. The molecule has 140 valence electrons. The summed E-state index contributed by atoms with van der Waals surface area (Å²) >= 11 is 0. The molecule has 1 amide bonds. The zero-order valence-electron chi connectivity index (χ0n) is 15.5. The van der Waals surface area contributed by atoms with Crippen LogP contribution < -0.4 is 14.8 Å². The third-order valence-corrected chi connectivity index (χ3v) is 6.18. The van der Waals surface area contributed by atoms with Crippen LogP contribution >= 0.6 is 0 Å². The second kappa shape index (κ2) is 7.33. The largest absolute Gasteiger partial charge is 0.481 e. The number of hydrogen-bond acceptors (Lipinski definition) is 5. The van der Waals surface area contributed by atoms with Crippen molar-refractivity contribution >= 4 is 15.9 Å². The van der Waals surface area contributed by atoms with E-state index in [1.807, 2.05) is 25.1 Å². The Morgan fingerprint density at radius 3 is 2.56 bits per heavy atom. The molecular formula is C18H28N2O4S. The van der Waals surface area contributed by atoms with Crippen molar-refractivity contribution in [3.8, 4) is 5.75 Å². The minimum Gasteiger partial charge on any atom is -0.481 e. The molecule has 25 heavy (non-hydrogen) atoms. The van der Waals surface area contributed by atoms with Gasteiger partial charge < -0.3 is 10.1 Å². The van der Waals surface area contributed by atoms with Gasteiger partial charge >= 0.3 is 0 Å². The van der Waals surface area contributed by atoms with Gasteiger partial charge in [-0.2, -0.15) is 0 Å². The van der Waals surface area contributed by atoms with Gasteiger partial charge in [-0.15, -0.1) is 0 Å². The lowest BCUT2D eigenvalue weighted by molar-refractivity contribution is -0.125. The van der Waals surface area contributed by atoms with Crippen molar-refractivity contribution in [3.05, 3.63) is 29.3 Å². The van der Waals surface area contributed by atoms with Crippen LogP contribution in [0, 0.1) is 6.92 Å². The molecule has 2 atom stereocenters. The number of carbonyl (C=O) groups excluding carboxylic acids is 1. The molecule has 2 rings (SSSR count). The predicted octanol–water partition coefficient (Wildman–Crippen LogP) is 1.87. The highest BCUT2D eigenvalue weighted by molar-refractivity contribution is 7.90. The van der Waals surface area contributed by atoms with E-state index in [1.165, 1.54) is 5.56 Å². The topological polar surface area (TPSA) is 84.5 Å². The van der Waals surface area contributed by atoms with Gasteiger partial charge in [0.1, 0.15) is 5.75 Å². The van der Waals surface area contributed by atoms with Crippen LogP contribution in [-0.4, -0.2) is 38.8 Å². The van der Waals surface area contributed by atoms with E-state index >= 15 is 0 Å². The Morgan fingerprint density at radius 1 is 1.36 bits per heavy atom. The first-order valence-electron chi connectivity index (χ1n) is 8.54. The summed E-state index contributed by atoms with van der Waals surface area (Å²) < 4.78 is 32.2. The second-order valence-corrected chi connectivity index (χ2v) is 9.58. The van der Waals surface area contributed by atoms with Crippen LogP contribution in [0.1, 0.15) is 45.2 Å². The number of amides is 1. The Bertz CT molecular complexity index is 732. The average molecular weight is 368 g/mol. The summed E-state index contributed by atoms with van der Waals surface area (Å²) in [4.78, 5) is 12.2. The van der Waals surface area contributed by atoms with E-state index in [9.17, 15) is 13.2 Å². The van der Waals surface area contributed by atoms with Crippen LogP contribution in [0.2, 0.25) is 0 Å². The first kappa shape index (κ1) is 19.7. The van der Waals surface area contributed by atoms with Crippen molar-refractivity contribution < 1.29 is 17.9 Å². The smallest absolute Gasteiger partial charge is 0.274 e. The van der Waals surface area contributed by atoms with Crippen molar-refractivity contribution in [1.29, 1.82) is 0 Å². The molecule has 0 saturated carbocycles. The number of nitrogens with one attached hydrogen (secondary N) is 2. The normalized spacial score (nSPS) is 19.5. The van der Waals surface area contributed by atoms with Crippen molar-refractivity contribution in [2.75, 3.05) is 13.1 Å². The molecule has 0 radical (unpaired) electrons. The van der Waals surface area contributed by atoms with Crippen LogP contribution in [0.5, 0.6) is 5.75 Å². The fourth-order valence-electron chi connectivity index (χ4n) is 2.69. The zero-order chi connectivity index (χ0) is 18.8. The maximum Gasteiger partial charge on any atom is 0.274 e. The van der Waals surface area contributed by atoms with Gasteiger partial charge in [0, 0.05) is 6.54 Å². The van der Waals surface area contributed by atoms with Gasteiger partial charge in [0.2, 0.25) is 10.0 Å². The molecule has 0 aromatic heterocycles. The second-order valence-electron chi connectivity index (χ2n) is 7.62. The van der Waals surface area contributed by atoms with Gasteiger partial charge in [-0.1, -0.05) is 32.9 Å². The van der Waals surface area contributed by atoms with E-state index < -0.39 is 27.3 Å². The molecule has 7 heteroatoms. The summed E-state index contributed by atoms with van der Waals surface area (Å²) in [7, 11) is -3.67. The Morgan fingerprint density at radius 2 is 2.04 bits per heavy atom. The maximum absolute atomic E-state index is 12.2. The lowest BCUT2D eigenvalue weighted by Crippen LogP contribution is -2.44. The quantitative estimate of drug-likeness (QED) is 0.829. The maximum atomic E-state index is 12.2. The van der Waals surface area contributed by atoms with Crippen LogP contribution in [0.4, 0.5) is 0 Å². The van der Waals surface area contributed by atoms with Gasteiger partial charge in [0.15, 0.2) is 6.10 Å². The summed E-state index contributed by atoms with van der Waals surface area (Å²) in [5, 5.41) is 2.41. The molecule has 1 heterocycles. The van der Waals surface area contributed by atoms with Crippen molar-refractivity contribution in [2.45, 2.75) is 57.8 Å². The predicted molar refractivity (Wildman–Crippen MR) is 98.3 cm³/mol. The van der Waals surface area contributed by atoms with E-state index in [0.717, 1.165) is 5.56 Å². The molecule has 2 unspecified atom stereocenters. The fraction of sp³-hybridized carbons (Fsp3) is 0.611. The van der Waals surface area contributed by atoms with Crippen LogP contribution in [0.15, 0.2) is 18.2 Å². The van der Waals surface area contributed by atoms with Crippen molar-refractivity contribution in [2.24, 2.45) is 0 Å². The molecule has 2 N–H and O–H groups in total. The molecule has 1 aromatic rings. The van der Waals surface area contributed by atoms with Gasteiger partial charge in [-0.05, 0) is 49.4 Å². The third-order valence-electron chi connectivity index (χ3n) is 4.41. The first-order valence-corrected chi connectivity index (χ1v) is 10.1. The first-order chi connectivity index (χ1) is 11.5. The number of rotatable bonds is 5. The molecule has 0 spiro atoms. The summed E-state index contributed by atoms with van der Waals surface area (Å²) in [5.41, 5.74) is 2.11. The Labute approximate surface area is 150 Å². The Hall–Kier alpha value is -1.60. The van der Waals surface area contributed by atoms with Crippen LogP contribution in [0.25, 0.3) is 0 Å². The molecule has 1 fully saturated rings. The van der Waals surface area contributed by atoms with Crippen molar-refractivity contribution in [1.82, 2.24) is 10.0 Å². The molecule has 6 nitrogen and oxygen atoms in total. The van der Waals surface area contributed by atoms with Crippen LogP contribution in [-0.2, 0) is 20.2 Å². The van der Waals surface area contributed by atoms with E-state index in [1.54, 1.807) is 6.92 Å². The standard InChI is InChI=1S/C18H28N2O4S/c1-12-10-14(18(3,4)5)6-7-16(12)24-13(2)17(21)20-25(22,23)15-8-9-19-11-15/h6-7,10,13,15,19H,8-9,11H2,1-5H3,(H,20,21). The molecule has 1 aliphatic rings. The van der Waals surface area contributed by atoms with Gasteiger partial charge in [-0.3, -0.25) is 4.79 Å². The monoisotopic (exact) mass is 368 g/mol. The highest BCUT2D eigenvalue weighted by atomic mass is 32.2. The average Bonchev–Trinajstić information content (AvgIpc) is 3.02. The molecule has 0 aliphatic carbocycles. The van der Waals surface area contributed by atoms with Crippen molar-refractivity contribution in [3.63, 3.8) is 0 Å². The molecule has 1 saturated heterocycles. The zero-order valence-corrected chi connectivity index (χ0v) is 16.4. The van der Waals surface area contributed by atoms with E-state index in [4.69, 9.17) is 4.74 Å². The summed E-state index contributed by atoms with van der Waals surface area (Å²) in [6, 6.07) is 5.82. The highest BCUT2D eigenvalue weighted by Gasteiger charge is 2.31. The minimum absolute atomic E-state index is 0.0235. The number of aryl methyl sites for hydroxylation is 1. The molecule has 0 bridgehead atoms. The summed E-state index contributed by atoms with van der Waals surface area (Å²) in [6.45, 7) is 10.9. The SMILES string of the molecule is Cc1cc(C(C)(C)C)ccc1OC(C)C(=O)NS(=O)(=O)C1CCNC1. The number of hydrogen-bond donors (Lipinski definition) is 2. The number of carbonyl (C=O) groups is 1. The Balaban J connectivity index is 2.04. The third kappa shape index (κ3) is 4.95. The molecular weight excluding hydrogens is 340 g/mol. The van der Waals surface area contributed by atoms with Gasteiger partial charge in [-0.25, -0.2) is 13.1 Å². The lowest BCUT2D eigenvalue weighted by Gasteiger charge is -2.22. The van der Waals surface area contributed by atoms with Gasteiger partial charge in [0.05, 0.1) is 5.25 Å². The molecule has 1 aromatic carbocycles. The summed E-state index contributed by atoms with van der Waals surface area (Å²) in [6.07, 6.45) is -0.395. The summed E-state index contributed by atoms with van der Waals surface area (Å²) in [5.74, 6) is -0.0678. The van der Waals surface area contributed by atoms with E-state index in [0.29, 0.717) is 25.3 Å². The van der Waals surface area contributed by atoms with Crippen LogP contribution in [0.3, 0.4) is 0 Å². The number of benzene rings is 1. The van der Waals surface area contributed by atoms with E-state index in [2.05, 4.69) is 30.8 Å². The number of sulfonamides is 1. The Kier molecular flexibility index (Phi) is 5.79. The molecule has 1 aliphatic heterocycles. The fourth-order valence-corrected chi connectivity index (χ4v) is 4.07. The van der Waals surface area contributed by atoms with Gasteiger partial charge in [0.25, 0.3) is 5.91 Å². The minimum atomic E-state index is -3.67. The highest BCUT2D eigenvalue weighted by Crippen LogP contribution is 2.28.